The van der Waals surface area contributed by atoms with E-state index in [2.05, 4.69) is 25.3 Å². The van der Waals surface area contributed by atoms with E-state index >= 15 is 0 Å². The summed E-state index contributed by atoms with van der Waals surface area (Å²) in [5.41, 5.74) is 1.89. The van der Waals surface area contributed by atoms with E-state index < -0.39 is 0 Å². The SMILES string of the molecule is c1ccc(-n2ncc3c(N4C[C@H]5CNC[C@H]5C4)ncnc32)cc1. The fourth-order valence-electron chi connectivity index (χ4n) is 3.87. The van der Waals surface area contributed by atoms with E-state index in [1.165, 1.54) is 0 Å². The first-order valence-electron chi connectivity index (χ1n) is 8.10. The van der Waals surface area contributed by atoms with E-state index in [0.29, 0.717) is 0 Å². The highest BCUT2D eigenvalue weighted by Gasteiger charge is 2.37. The minimum absolute atomic E-state index is 0.740. The zero-order chi connectivity index (χ0) is 15.2. The number of anilines is 1. The predicted molar refractivity (Wildman–Crippen MR) is 88.7 cm³/mol. The molecule has 2 aromatic heterocycles. The van der Waals surface area contributed by atoms with Crippen molar-refractivity contribution >= 4 is 16.9 Å². The zero-order valence-electron chi connectivity index (χ0n) is 12.8. The van der Waals surface area contributed by atoms with Gasteiger partial charge in [-0.2, -0.15) is 5.10 Å². The molecule has 1 N–H and O–H groups in total. The summed E-state index contributed by atoms with van der Waals surface area (Å²) >= 11 is 0. The summed E-state index contributed by atoms with van der Waals surface area (Å²) in [5.74, 6) is 2.50. The minimum Gasteiger partial charge on any atom is -0.355 e. The first-order chi connectivity index (χ1) is 11.4. The van der Waals surface area contributed by atoms with Crippen molar-refractivity contribution in [3.63, 3.8) is 0 Å². The Balaban J connectivity index is 1.57. The van der Waals surface area contributed by atoms with Gasteiger partial charge in [-0.1, -0.05) is 18.2 Å². The smallest absolute Gasteiger partial charge is 0.168 e. The summed E-state index contributed by atoms with van der Waals surface area (Å²) in [5, 5.41) is 9.06. The zero-order valence-corrected chi connectivity index (χ0v) is 12.8. The summed E-state index contributed by atoms with van der Waals surface area (Å²) in [6, 6.07) is 10.1. The van der Waals surface area contributed by atoms with Gasteiger partial charge in [0.15, 0.2) is 5.65 Å². The Morgan fingerprint density at radius 3 is 2.57 bits per heavy atom. The van der Waals surface area contributed by atoms with E-state index in [-0.39, 0.29) is 0 Å². The Labute approximate surface area is 134 Å². The topological polar surface area (TPSA) is 58.9 Å². The lowest BCUT2D eigenvalue weighted by Crippen LogP contribution is -2.26. The largest absolute Gasteiger partial charge is 0.355 e. The second kappa shape index (κ2) is 5.03. The summed E-state index contributed by atoms with van der Waals surface area (Å²) in [6.07, 6.45) is 3.55. The molecule has 0 aliphatic carbocycles. The van der Waals surface area contributed by atoms with Crippen LogP contribution >= 0.6 is 0 Å². The molecule has 2 aliphatic heterocycles. The fourth-order valence-corrected chi connectivity index (χ4v) is 3.87. The second-order valence-electron chi connectivity index (χ2n) is 6.41. The highest BCUT2D eigenvalue weighted by molar-refractivity contribution is 5.87. The molecule has 23 heavy (non-hydrogen) atoms. The maximum atomic E-state index is 4.56. The van der Waals surface area contributed by atoms with Crippen molar-refractivity contribution in [3.05, 3.63) is 42.9 Å². The van der Waals surface area contributed by atoms with Crippen molar-refractivity contribution in [3.8, 4) is 5.69 Å². The summed E-state index contributed by atoms with van der Waals surface area (Å²) in [4.78, 5) is 11.4. The molecule has 4 heterocycles. The van der Waals surface area contributed by atoms with E-state index in [1.807, 2.05) is 41.2 Å². The van der Waals surface area contributed by atoms with Crippen LogP contribution in [0.5, 0.6) is 0 Å². The van der Waals surface area contributed by atoms with Crippen LogP contribution in [0.1, 0.15) is 0 Å². The summed E-state index contributed by atoms with van der Waals surface area (Å²) < 4.78 is 1.89. The molecule has 1 aromatic carbocycles. The van der Waals surface area contributed by atoms with Gasteiger partial charge in [-0.05, 0) is 24.0 Å². The highest BCUT2D eigenvalue weighted by Crippen LogP contribution is 2.32. The van der Waals surface area contributed by atoms with Gasteiger partial charge in [0.2, 0.25) is 0 Å². The van der Waals surface area contributed by atoms with Crippen molar-refractivity contribution in [1.29, 1.82) is 0 Å². The summed E-state index contributed by atoms with van der Waals surface area (Å²) in [7, 11) is 0. The average Bonchev–Trinajstić information content (AvgIpc) is 3.29. The quantitative estimate of drug-likeness (QED) is 0.777. The molecule has 0 saturated carbocycles. The maximum Gasteiger partial charge on any atom is 0.168 e. The molecule has 3 aromatic rings. The first-order valence-corrected chi connectivity index (χ1v) is 8.10. The second-order valence-corrected chi connectivity index (χ2v) is 6.41. The monoisotopic (exact) mass is 306 g/mol. The van der Waals surface area contributed by atoms with Crippen LogP contribution < -0.4 is 10.2 Å². The van der Waals surface area contributed by atoms with Crippen LogP contribution in [-0.4, -0.2) is 45.9 Å². The molecule has 6 nitrogen and oxygen atoms in total. The van der Waals surface area contributed by atoms with Gasteiger partial charge in [-0.3, -0.25) is 0 Å². The van der Waals surface area contributed by atoms with E-state index in [4.69, 9.17) is 0 Å². The molecule has 0 amide bonds. The normalized spacial score (nSPS) is 23.6. The number of nitrogens with zero attached hydrogens (tertiary/aromatic N) is 5. The number of para-hydroxylation sites is 1. The number of nitrogens with one attached hydrogen (secondary N) is 1. The molecule has 2 atom stereocenters. The van der Waals surface area contributed by atoms with Crippen LogP contribution in [0.2, 0.25) is 0 Å². The lowest BCUT2D eigenvalue weighted by molar-refractivity contribution is 0.533. The molecule has 2 saturated heterocycles. The molecule has 6 heteroatoms. The van der Waals surface area contributed by atoms with Crippen LogP contribution in [0.4, 0.5) is 5.82 Å². The Kier molecular flexibility index (Phi) is 2.84. The number of hydrogen-bond acceptors (Lipinski definition) is 5. The molecule has 116 valence electrons. The molecule has 0 spiro atoms. The van der Waals surface area contributed by atoms with Crippen LogP contribution in [-0.2, 0) is 0 Å². The molecular weight excluding hydrogens is 288 g/mol. The van der Waals surface area contributed by atoms with Crippen molar-refractivity contribution in [2.45, 2.75) is 0 Å². The lowest BCUT2D eigenvalue weighted by atomic mass is 10.0. The molecule has 0 radical (unpaired) electrons. The third-order valence-corrected chi connectivity index (χ3v) is 5.03. The van der Waals surface area contributed by atoms with Gasteiger partial charge in [0, 0.05) is 26.2 Å². The number of fused-ring (bicyclic) bond motifs is 2. The van der Waals surface area contributed by atoms with Crippen molar-refractivity contribution < 1.29 is 0 Å². The Morgan fingerprint density at radius 1 is 1.00 bits per heavy atom. The number of rotatable bonds is 2. The van der Waals surface area contributed by atoms with Gasteiger partial charge in [-0.15, -0.1) is 0 Å². The van der Waals surface area contributed by atoms with E-state index in [9.17, 15) is 0 Å². The van der Waals surface area contributed by atoms with Gasteiger partial charge in [0.05, 0.1) is 17.3 Å². The molecule has 5 rings (SSSR count). The first kappa shape index (κ1) is 13.0. The van der Waals surface area contributed by atoms with Gasteiger partial charge < -0.3 is 10.2 Å². The van der Waals surface area contributed by atoms with Gasteiger partial charge in [0.25, 0.3) is 0 Å². The average molecular weight is 306 g/mol. The van der Waals surface area contributed by atoms with Crippen LogP contribution in [0.25, 0.3) is 16.7 Å². The van der Waals surface area contributed by atoms with Crippen molar-refractivity contribution in [2.24, 2.45) is 11.8 Å². The lowest BCUT2D eigenvalue weighted by Gasteiger charge is -2.18. The molecule has 0 unspecified atom stereocenters. The van der Waals surface area contributed by atoms with Crippen molar-refractivity contribution in [1.82, 2.24) is 25.1 Å². The number of hydrogen-bond donors (Lipinski definition) is 1. The van der Waals surface area contributed by atoms with Gasteiger partial charge in [0.1, 0.15) is 12.1 Å². The molecular formula is C17H18N6. The maximum absolute atomic E-state index is 4.56. The van der Waals surface area contributed by atoms with Crippen LogP contribution in [0, 0.1) is 11.8 Å². The third kappa shape index (κ3) is 2.02. The highest BCUT2D eigenvalue weighted by atomic mass is 15.3. The number of benzene rings is 1. The van der Waals surface area contributed by atoms with Crippen LogP contribution in [0.15, 0.2) is 42.9 Å². The standard InChI is InChI=1S/C17H18N6/c1-2-4-14(5-3-1)23-17-15(8-21-23)16(19-11-20-17)22-9-12-6-18-7-13(12)10-22/h1-5,8,11-13,18H,6-7,9-10H2/t12-,13+. The minimum atomic E-state index is 0.740. The van der Waals surface area contributed by atoms with Crippen LogP contribution in [0.3, 0.4) is 0 Å². The predicted octanol–water partition coefficient (Wildman–Crippen LogP) is 1.47. The summed E-state index contributed by atoms with van der Waals surface area (Å²) in [6.45, 7) is 4.39. The Bertz CT molecular complexity index is 831. The van der Waals surface area contributed by atoms with Gasteiger partial charge >= 0.3 is 0 Å². The Hall–Kier alpha value is -2.47. The molecule has 0 bridgehead atoms. The third-order valence-electron chi connectivity index (χ3n) is 5.03. The van der Waals surface area contributed by atoms with Crippen molar-refractivity contribution in [2.75, 3.05) is 31.1 Å². The van der Waals surface area contributed by atoms with E-state index in [0.717, 1.165) is 60.6 Å². The fraction of sp³-hybridized carbons (Fsp3) is 0.353. The molecule has 2 fully saturated rings. The Morgan fingerprint density at radius 2 is 1.78 bits per heavy atom. The van der Waals surface area contributed by atoms with E-state index in [1.54, 1.807) is 6.33 Å². The molecule has 2 aliphatic rings. The number of aromatic nitrogens is 4. The van der Waals surface area contributed by atoms with Gasteiger partial charge in [-0.25, -0.2) is 14.6 Å².